The van der Waals surface area contributed by atoms with E-state index < -0.39 is 0 Å². The van der Waals surface area contributed by atoms with E-state index in [1.807, 2.05) is 46.0 Å². The number of piperidine rings is 1. The first-order chi connectivity index (χ1) is 14.3. The van der Waals surface area contributed by atoms with Crippen molar-refractivity contribution < 1.29 is 13.7 Å². The van der Waals surface area contributed by atoms with Crippen molar-refractivity contribution >= 4 is 28.3 Å². The molecule has 0 atom stereocenters. The van der Waals surface area contributed by atoms with Gasteiger partial charge in [-0.1, -0.05) is 17.3 Å². The van der Waals surface area contributed by atoms with Gasteiger partial charge in [-0.25, -0.2) is 4.98 Å². The van der Waals surface area contributed by atoms with E-state index in [0.29, 0.717) is 37.6 Å². The fourth-order valence-electron chi connectivity index (χ4n) is 3.68. The molecule has 0 N–H and O–H groups in total. The molecule has 4 heterocycles. The van der Waals surface area contributed by atoms with Crippen LogP contribution < -0.4 is 0 Å². The summed E-state index contributed by atoms with van der Waals surface area (Å²) >= 11 is 1.59. The van der Waals surface area contributed by atoms with Gasteiger partial charge in [0.1, 0.15) is 5.52 Å². The van der Waals surface area contributed by atoms with Crippen molar-refractivity contribution in [1.82, 2.24) is 20.0 Å². The smallest absolute Gasteiger partial charge is 0.227 e. The quantitative estimate of drug-likeness (QED) is 0.490. The molecule has 4 aromatic rings. The van der Waals surface area contributed by atoms with Crippen LogP contribution in [0, 0.1) is 0 Å². The van der Waals surface area contributed by atoms with Gasteiger partial charge in [0.05, 0.1) is 0 Å². The highest BCUT2D eigenvalue weighted by Gasteiger charge is 2.27. The van der Waals surface area contributed by atoms with Crippen molar-refractivity contribution in [3.05, 3.63) is 52.9 Å². The lowest BCUT2D eigenvalue weighted by molar-refractivity contribution is -0.132. The molecule has 7 nitrogen and oxygen atoms in total. The summed E-state index contributed by atoms with van der Waals surface area (Å²) < 4.78 is 11.2. The third-order valence-electron chi connectivity index (χ3n) is 5.31. The van der Waals surface area contributed by atoms with Crippen molar-refractivity contribution in [3.8, 4) is 11.4 Å². The molecule has 1 fully saturated rings. The van der Waals surface area contributed by atoms with E-state index in [9.17, 15) is 4.79 Å². The Balaban J connectivity index is 1.14. The maximum atomic E-state index is 12.6. The maximum Gasteiger partial charge on any atom is 0.227 e. The van der Waals surface area contributed by atoms with Crippen molar-refractivity contribution in [2.45, 2.75) is 31.6 Å². The van der Waals surface area contributed by atoms with Crippen LogP contribution in [0.4, 0.5) is 0 Å². The average Bonchev–Trinajstić information content (AvgIpc) is 3.52. The Morgan fingerprint density at radius 2 is 2.03 bits per heavy atom. The molecule has 1 aromatic carbocycles. The number of aromatic nitrogens is 3. The van der Waals surface area contributed by atoms with Crippen molar-refractivity contribution in [3.63, 3.8) is 0 Å². The van der Waals surface area contributed by atoms with Crippen LogP contribution >= 0.6 is 11.3 Å². The van der Waals surface area contributed by atoms with E-state index >= 15 is 0 Å². The number of fused-ring (bicyclic) bond motifs is 1. The minimum Gasteiger partial charge on any atom is -0.440 e. The molecule has 0 unspecified atom stereocenters. The Bertz CT molecular complexity index is 1080. The van der Waals surface area contributed by atoms with Gasteiger partial charge >= 0.3 is 0 Å². The van der Waals surface area contributed by atoms with Crippen LogP contribution in [0.1, 0.15) is 37.0 Å². The lowest BCUT2D eigenvalue weighted by Crippen LogP contribution is -2.38. The van der Waals surface area contributed by atoms with Gasteiger partial charge in [-0.2, -0.15) is 16.3 Å². The van der Waals surface area contributed by atoms with Gasteiger partial charge in [0.2, 0.25) is 17.6 Å². The van der Waals surface area contributed by atoms with Crippen molar-refractivity contribution in [1.29, 1.82) is 0 Å². The average molecular weight is 408 g/mol. The number of oxazole rings is 1. The van der Waals surface area contributed by atoms with Gasteiger partial charge in [0, 0.05) is 42.8 Å². The second kappa shape index (κ2) is 7.79. The zero-order valence-corrected chi connectivity index (χ0v) is 16.6. The molecule has 1 saturated heterocycles. The first kappa shape index (κ1) is 18.1. The number of aryl methyl sites for hydroxylation is 1. The normalized spacial score (nSPS) is 15.2. The van der Waals surface area contributed by atoms with Crippen LogP contribution in [0.25, 0.3) is 22.5 Å². The highest BCUT2D eigenvalue weighted by atomic mass is 32.1. The van der Waals surface area contributed by atoms with Crippen LogP contribution in [-0.2, 0) is 11.2 Å². The fourth-order valence-corrected chi connectivity index (χ4v) is 4.31. The summed E-state index contributed by atoms with van der Waals surface area (Å²) in [6.07, 6.45) is 2.56. The Labute approximate surface area is 171 Å². The number of thiophene rings is 1. The van der Waals surface area contributed by atoms with Crippen molar-refractivity contribution in [2.24, 2.45) is 0 Å². The fraction of sp³-hybridized carbons (Fsp3) is 0.333. The predicted molar refractivity (Wildman–Crippen MR) is 108 cm³/mol. The number of para-hydroxylation sites is 2. The van der Waals surface area contributed by atoms with E-state index in [1.54, 1.807) is 11.3 Å². The molecule has 1 aliphatic rings. The number of hydrogen-bond donors (Lipinski definition) is 0. The second-order valence-corrected chi connectivity index (χ2v) is 7.98. The molecule has 8 heteroatoms. The first-order valence-electron chi connectivity index (χ1n) is 9.74. The number of amides is 1. The summed E-state index contributed by atoms with van der Waals surface area (Å²) in [5.74, 6) is 2.24. The molecular weight excluding hydrogens is 388 g/mol. The molecular formula is C21H20N4O3S. The lowest BCUT2D eigenvalue weighted by Gasteiger charge is -2.30. The summed E-state index contributed by atoms with van der Waals surface area (Å²) in [6, 6.07) is 9.76. The Morgan fingerprint density at radius 1 is 1.17 bits per heavy atom. The number of carbonyl (C=O) groups excluding carboxylic acids is 1. The minimum absolute atomic E-state index is 0.122. The van der Waals surface area contributed by atoms with Crippen LogP contribution in [0.3, 0.4) is 0 Å². The number of nitrogens with zero attached hydrogens (tertiary/aromatic N) is 4. The molecule has 0 radical (unpaired) electrons. The molecule has 0 saturated carbocycles. The van der Waals surface area contributed by atoms with Crippen LogP contribution in [0.5, 0.6) is 0 Å². The lowest BCUT2D eigenvalue weighted by atomic mass is 9.96. The van der Waals surface area contributed by atoms with Gasteiger partial charge in [0.15, 0.2) is 11.5 Å². The Kier molecular flexibility index (Phi) is 4.85. The highest BCUT2D eigenvalue weighted by molar-refractivity contribution is 7.08. The number of likely N-dealkylation sites (tertiary alicyclic amines) is 1. The maximum absolute atomic E-state index is 12.6. The second-order valence-electron chi connectivity index (χ2n) is 7.20. The zero-order chi connectivity index (χ0) is 19.6. The van der Waals surface area contributed by atoms with Gasteiger partial charge in [0.25, 0.3) is 0 Å². The molecule has 3 aromatic heterocycles. The SMILES string of the molecule is O=C(CCc1nc(-c2ccsc2)no1)N1CCC(c2nc3ccccc3o2)CC1. The van der Waals surface area contributed by atoms with Gasteiger partial charge in [-0.15, -0.1) is 0 Å². The number of benzene rings is 1. The van der Waals surface area contributed by atoms with Gasteiger partial charge in [-0.05, 0) is 36.4 Å². The molecule has 1 aliphatic heterocycles. The van der Waals surface area contributed by atoms with Gasteiger partial charge in [-0.3, -0.25) is 4.79 Å². The first-order valence-corrected chi connectivity index (χ1v) is 10.7. The molecule has 0 bridgehead atoms. The Hall–Kier alpha value is -3.00. The molecule has 148 valence electrons. The molecule has 5 rings (SSSR count). The molecule has 29 heavy (non-hydrogen) atoms. The molecule has 0 aliphatic carbocycles. The summed E-state index contributed by atoms with van der Waals surface area (Å²) in [5.41, 5.74) is 2.65. The van der Waals surface area contributed by atoms with E-state index in [1.165, 1.54) is 0 Å². The predicted octanol–water partition coefficient (Wildman–Crippen LogP) is 4.28. The van der Waals surface area contributed by atoms with Crippen LogP contribution in [0.15, 0.2) is 50.0 Å². The molecule has 0 spiro atoms. The summed E-state index contributed by atoms with van der Waals surface area (Å²) in [4.78, 5) is 23.5. The third-order valence-corrected chi connectivity index (χ3v) is 5.99. The van der Waals surface area contributed by atoms with E-state index in [4.69, 9.17) is 8.94 Å². The van der Waals surface area contributed by atoms with E-state index in [-0.39, 0.29) is 11.8 Å². The van der Waals surface area contributed by atoms with E-state index in [2.05, 4.69) is 15.1 Å². The minimum atomic E-state index is 0.122. The zero-order valence-electron chi connectivity index (χ0n) is 15.8. The summed E-state index contributed by atoms with van der Waals surface area (Å²) in [6.45, 7) is 1.43. The number of carbonyl (C=O) groups is 1. The monoisotopic (exact) mass is 408 g/mol. The van der Waals surface area contributed by atoms with Crippen LogP contribution in [0.2, 0.25) is 0 Å². The van der Waals surface area contributed by atoms with Crippen LogP contribution in [-0.4, -0.2) is 39.0 Å². The largest absolute Gasteiger partial charge is 0.440 e. The highest BCUT2D eigenvalue weighted by Crippen LogP contribution is 2.30. The summed E-state index contributed by atoms with van der Waals surface area (Å²) in [5, 5.41) is 7.93. The molecule has 1 amide bonds. The topological polar surface area (TPSA) is 85.3 Å². The standard InChI is InChI=1S/C21H20N4O3S/c26-19(6-5-18-23-20(24-28-18)15-9-12-29-13-15)25-10-7-14(8-11-25)21-22-16-3-1-2-4-17(16)27-21/h1-4,9,12-14H,5-8,10-11H2. The number of hydrogen-bond acceptors (Lipinski definition) is 7. The van der Waals surface area contributed by atoms with Crippen molar-refractivity contribution in [2.75, 3.05) is 13.1 Å². The van der Waals surface area contributed by atoms with Gasteiger partial charge < -0.3 is 13.8 Å². The Morgan fingerprint density at radius 3 is 2.83 bits per heavy atom. The number of rotatable bonds is 5. The third kappa shape index (κ3) is 3.80. The van der Waals surface area contributed by atoms with E-state index in [0.717, 1.165) is 35.4 Å². The summed E-state index contributed by atoms with van der Waals surface area (Å²) in [7, 11) is 0.